The molecule has 1 aliphatic rings. The van der Waals surface area contributed by atoms with Gasteiger partial charge in [-0.05, 0) is 55.8 Å². The molecule has 0 saturated heterocycles. The molecule has 0 fully saturated rings. The van der Waals surface area contributed by atoms with Crippen molar-refractivity contribution in [3.63, 3.8) is 0 Å². The van der Waals surface area contributed by atoms with Crippen LogP contribution in [-0.2, 0) is 4.87 Å². The maximum absolute atomic E-state index is 15.1. The van der Waals surface area contributed by atoms with Gasteiger partial charge in [0.25, 0.3) is 0 Å². The number of hydrazone groups is 1. The van der Waals surface area contributed by atoms with E-state index in [4.69, 9.17) is 34.0 Å². The molecule has 0 saturated carbocycles. The summed E-state index contributed by atoms with van der Waals surface area (Å²) in [6, 6.07) is 18.2. The minimum atomic E-state index is -1.09. The Morgan fingerprint density at radius 2 is 1.73 bits per heavy atom. The third kappa shape index (κ3) is 4.75. The van der Waals surface area contributed by atoms with Crippen molar-refractivity contribution in [3.8, 4) is 0 Å². The first-order valence-electron chi connectivity index (χ1n) is 11.4. The van der Waals surface area contributed by atoms with Gasteiger partial charge in [-0.3, -0.25) is 0 Å². The molecule has 0 bridgehead atoms. The highest BCUT2D eigenvalue weighted by Gasteiger charge is 2.55. The zero-order valence-corrected chi connectivity index (χ0v) is 22.7. The number of rotatable bonds is 7. The van der Waals surface area contributed by atoms with E-state index in [2.05, 4.69) is 10.2 Å². The van der Waals surface area contributed by atoms with Crippen LogP contribution in [0.2, 0.25) is 10.0 Å². The number of nitrogens with zero attached hydrogens (tertiary/aromatic N) is 4. The van der Waals surface area contributed by atoms with Crippen molar-refractivity contribution < 1.29 is 8.78 Å². The molecular formula is C26H21Cl2F2N5S2. The second kappa shape index (κ2) is 10.7. The van der Waals surface area contributed by atoms with E-state index in [1.165, 1.54) is 23.1 Å². The highest BCUT2D eigenvalue weighted by Crippen LogP contribution is 2.60. The monoisotopic (exact) mass is 575 g/mol. The quantitative estimate of drug-likeness (QED) is 0.250. The lowest BCUT2D eigenvalue weighted by molar-refractivity contribution is 0.452. The fourth-order valence-corrected chi connectivity index (χ4v) is 7.45. The van der Waals surface area contributed by atoms with E-state index in [0.717, 1.165) is 28.8 Å². The first-order valence-corrected chi connectivity index (χ1v) is 13.8. The molecule has 11 heteroatoms. The van der Waals surface area contributed by atoms with E-state index in [1.807, 2.05) is 49.4 Å². The van der Waals surface area contributed by atoms with Gasteiger partial charge in [0.2, 0.25) is 5.13 Å². The van der Waals surface area contributed by atoms with Crippen LogP contribution in [0.3, 0.4) is 0 Å². The molecule has 1 aliphatic heterocycles. The van der Waals surface area contributed by atoms with Crippen LogP contribution in [0.5, 0.6) is 0 Å². The third-order valence-electron chi connectivity index (χ3n) is 6.08. The van der Waals surface area contributed by atoms with Gasteiger partial charge >= 0.3 is 0 Å². The van der Waals surface area contributed by atoms with E-state index in [0.29, 0.717) is 33.7 Å². The normalized spacial score (nSPS) is 18.2. The van der Waals surface area contributed by atoms with Gasteiger partial charge in [-0.1, -0.05) is 82.7 Å². The molecule has 4 aromatic rings. The third-order valence-corrected chi connectivity index (χ3v) is 9.05. The highest BCUT2D eigenvalue weighted by atomic mass is 35.5. The fourth-order valence-electron chi connectivity index (χ4n) is 4.52. The van der Waals surface area contributed by atoms with Crippen LogP contribution in [0, 0.1) is 18.6 Å². The Morgan fingerprint density at radius 3 is 2.41 bits per heavy atom. The van der Waals surface area contributed by atoms with Crippen molar-refractivity contribution in [1.82, 2.24) is 10.2 Å². The Hall–Kier alpha value is -2.56. The van der Waals surface area contributed by atoms with Crippen molar-refractivity contribution in [2.24, 2.45) is 10.8 Å². The van der Waals surface area contributed by atoms with Gasteiger partial charge < -0.3 is 5.73 Å². The molecule has 0 radical (unpaired) electrons. The summed E-state index contributed by atoms with van der Waals surface area (Å²) in [6.07, 6.45) is 0.491. The second-order valence-corrected chi connectivity index (χ2v) is 11.6. The summed E-state index contributed by atoms with van der Waals surface area (Å²) in [5, 5.41) is 17.6. The lowest BCUT2D eigenvalue weighted by Gasteiger charge is -2.42. The van der Waals surface area contributed by atoms with Gasteiger partial charge in [-0.15, -0.1) is 10.2 Å². The molecule has 2 heterocycles. The molecule has 2 N–H and O–H groups in total. The largest absolute Gasteiger partial charge is 0.330 e. The van der Waals surface area contributed by atoms with Crippen LogP contribution in [0.25, 0.3) is 0 Å². The molecule has 190 valence electrons. The molecule has 0 amide bonds. The van der Waals surface area contributed by atoms with Crippen molar-refractivity contribution in [1.29, 1.82) is 0 Å². The Bertz CT molecular complexity index is 1480. The smallest absolute Gasteiger partial charge is 0.230 e. The first-order chi connectivity index (χ1) is 17.8. The Labute approximate surface area is 231 Å². The van der Waals surface area contributed by atoms with E-state index < -0.39 is 16.5 Å². The standard InChI is InChI=1S/C26H21Cl2F2N5S2/c1-15-32-33-25(36-15)35-26(20-7-3-5-9-22(20)28,19(12-13-31)17-6-2-4-8-21(17)27)37-24(34-35)18-14-16(29)10-11-23(18)30/h2-11,14,19H,12-13,31H2,1H3. The van der Waals surface area contributed by atoms with Crippen molar-refractivity contribution in [2.45, 2.75) is 24.1 Å². The van der Waals surface area contributed by atoms with Gasteiger partial charge in [-0.2, -0.15) is 5.10 Å². The molecule has 2 atom stereocenters. The summed E-state index contributed by atoms with van der Waals surface area (Å²) in [7, 11) is 0. The fraction of sp³-hybridized carbons (Fsp3) is 0.192. The highest BCUT2D eigenvalue weighted by molar-refractivity contribution is 8.15. The molecule has 1 aromatic heterocycles. The van der Waals surface area contributed by atoms with Crippen LogP contribution in [0.4, 0.5) is 13.9 Å². The van der Waals surface area contributed by atoms with Crippen LogP contribution < -0.4 is 10.7 Å². The number of anilines is 1. The average Bonchev–Trinajstić information content (AvgIpc) is 3.49. The Morgan fingerprint density at radius 1 is 1.00 bits per heavy atom. The topological polar surface area (TPSA) is 67.4 Å². The SMILES string of the molecule is Cc1nnc(N2N=C(c3cc(F)ccc3F)SC2(c2ccccc2Cl)C(CCN)c2ccccc2Cl)s1. The van der Waals surface area contributed by atoms with Crippen LogP contribution >= 0.6 is 46.3 Å². The number of aromatic nitrogens is 2. The Kier molecular flexibility index (Phi) is 7.51. The van der Waals surface area contributed by atoms with Crippen LogP contribution in [0.1, 0.15) is 34.0 Å². The minimum Gasteiger partial charge on any atom is -0.330 e. The number of hydrogen-bond donors (Lipinski definition) is 1. The number of thioether (sulfide) groups is 1. The molecule has 37 heavy (non-hydrogen) atoms. The van der Waals surface area contributed by atoms with Gasteiger partial charge in [0.05, 0.1) is 0 Å². The number of halogens is 4. The lowest BCUT2D eigenvalue weighted by Crippen LogP contribution is -2.44. The summed E-state index contributed by atoms with van der Waals surface area (Å²) in [5.41, 5.74) is 7.73. The van der Waals surface area contributed by atoms with Crippen LogP contribution in [0.15, 0.2) is 71.8 Å². The molecule has 5 nitrogen and oxygen atoms in total. The summed E-state index contributed by atoms with van der Waals surface area (Å²) in [5.74, 6) is -1.54. The van der Waals surface area contributed by atoms with Crippen molar-refractivity contribution >= 4 is 56.5 Å². The van der Waals surface area contributed by atoms with Gasteiger partial charge in [-0.25, -0.2) is 13.8 Å². The lowest BCUT2D eigenvalue weighted by atomic mass is 9.83. The number of nitrogens with two attached hydrogens (primary N) is 1. The van der Waals surface area contributed by atoms with Crippen molar-refractivity contribution in [3.05, 3.63) is 110 Å². The molecule has 0 spiro atoms. The molecule has 5 rings (SSSR count). The Balaban J connectivity index is 1.83. The van der Waals surface area contributed by atoms with Gasteiger partial charge in [0.1, 0.15) is 21.7 Å². The average molecular weight is 577 g/mol. The number of aryl methyl sites for hydroxylation is 1. The molecule has 0 aliphatic carbocycles. The van der Waals surface area contributed by atoms with E-state index >= 15 is 4.39 Å². The summed E-state index contributed by atoms with van der Waals surface area (Å²) in [6.45, 7) is 2.17. The molecule has 3 aromatic carbocycles. The summed E-state index contributed by atoms with van der Waals surface area (Å²) < 4.78 is 29.3. The van der Waals surface area contributed by atoms with E-state index in [1.54, 1.807) is 11.1 Å². The summed E-state index contributed by atoms with van der Waals surface area (Å²) >= 11 is 16.2. The zero-order chi connectivity index (χ0) is 26.2. The maximum Gasteiger partial charge on any atom is 0.230 e. The minimum absolute atomic E-state index is 0.0378. The van der Waals surface area contributed by atoms with Gasteiger partial charge in [0, 0.05) is 27.1 Å². The van der Waals surface area contributed by atoms with E-state index in [-0.39, 0.29) is 16.5 Å². The summed E-state index contributed by atoms with van der Waals surface area (Å²) in [4.78, 5) is -1.09. The number of hydrogen-bond acceptors (Lipinski definition) is 7. The zero-order valence-electron chi connectivity index (χ0n) is 19.5. The molecular weight excluding hydrogens is 555 g/mol. The maximum atomic E-state index is 15.1. The predicted octanol–water partition coefficient (Wildman–Crippen LogP) is 7.33. The van der Waals surface area contributed by atoms with Gasteiger partial charge in [0.15, 0.2) is 4.87 Å². The molecule has 2 unspecified atom stereocenters. The predicted molar refractivity (Wildman–Crippen MR) is 149 cm³/mol. The second-order valence-electron chi connectivity index (χ2n) is 8.37. The first kappa shape index (κ1) is 26.1. The van der Waals surface area contributed by atoms with Crippen LogP contribution in [-0.4, -0.2) is 21.8 Å². The van der Waals surface area contributed by atoms with Crippen molar-refractivity contribution in [2.75, 3.05) is 11.6 Å². The van der Waals surface area contributed by atoms with E-state index in [9.17, 15) is 4.39 Å². The number of benzene rings is 3.